The second kappa shape index (κ2) is 5.94. The quantitative estimate of drug-likeness (QED) is 0.792. The number of aromatic nitrogens is 1. The molecule has 1 N–H and O–H groups in total. The third kappa shape index (κ3) is 2.73. The first-order chi connectivity index (χ1) is 10.3. The number of para-hydroxylation sites is 1. The third-order valence-electron chi connectivity index (χ3n) is 3.63. The second-order valence-electron chi connectivity index (χ2n) is 4.93. The first-order valence-corrected chi connectivity index (χ1v) is 6.99. The van der Waals surface area contributed by atoms with E-state index in [-0.39, 0.29) is 6.04 Å². The van der Waals surface area contributed by atoms with Crippen LogP contribution in [0.25, 0.3) is 10.9 Å². The molecule has 1 atom stereocenters. The van der Waals surface area contributed by atoms with Gasteiger partial charge in [0.1, 0.15) is 5.75 Å². The fourth-order valence-corrected chi connectivity index (χ4v) is 2.55. The van der Waals surface area contributed by atoms with Crippen LogP contribution in [0.1, 0.15) is 17.3 Å². The molecule has 0 spiro atoms. The van der Waals surface area contributed by atoms with Crippen molar-refractivity contribution in [3.8, 4) is 5.75 Å². The Bertz CT molecular complexity index is 755. The van der Waals surface area contributed by atoms with Crippen LogP contribution in [0.3, 0.4) is 0 Å². The molecule has 3 rings (SSSR count). The van der Waals surface area contributed by atoms with Crippen LogP contribution < -0.4 is 10.1 Å². The lowest BCUT2D eigenvalue weighted by Gasteiger charge is -2.17. The summed E-state index contributed by atoms with van der Waals surface area (Å²) in [6.07, 6.45) is 0. The molecule has 106 valence electrons. The Balaban J connectivity index is 2.04. The molecule has 1 aromatic heterocycles. The molecule has 21 heavy (non-hydrogen) atoms. The third-order valence-corrected chi connectivity index (χ3v) is 3.63. The molecule has 3 aromatic rings. The van der Waals surface area contributed by atoms with Gasteiger partial charge in [-0.3, -0.25) is 4.98 Å². The Hall–Kier alpha value is -2.39. The van der Waals surface area contributed by atoms with Crippen molar-refractivity contribution < 1.29 is 4.74 Å². The SMILES string of the molecule is CNC(c1cccc(OC)c1)c1ccc2ccccc2n1. The van der Waals surface area contributed by atoms with Gasteiger partial charge in [-0.1, -0.05) is 36.4 Å². The number of ether oxygens (including phenoxy) is 1. The number of pyridine rings is 1. The zero-order chi connectivity index (χ0) is 14.7. The maximum Gasteiger partial charge on any atom is 0.119 e. The molecule has 2 aromatic carbocycles. The van der Waals surface area contributed by atoms with Gasteiger partial charge in [-0.15, -0.1) is 0 Å². The zero-order valence-electron chi connectivity index (χ0n) is 12.2. The van der Waals surface area contributed by atoms with E-state index in [0.717, 1.165) is 27.9 Å². The van der Waals surface area contributed by atoms with E-state index in [0.29, 0.717) is 0 Å². The number of rotatable bonds is 4. The fourth-order valence-electron chi connectivity index (χ4n) is 2.55. The molecule has 0 radical (unpaired) electrons. The van der Waals surface area contributed by atoms with Crippen LogP contribution in [0.15, 0.2) is 60.7 Å². The molecule has 0 fully saturated rings. The van der Waals surface area contributed by atoms with Gasteiger partial charge < -0.3 is 10.1 Å². The smallest absolute Gasteiger partial charge is 0.119 e. The topological polar surface area (TPSA) is 34.1 Å². The average molecular weight is 278 g/mol. The molecule has 0 aliphatic heterocycles. The van der Waals surface area contributed by atoms with Crippen molar-refractivity contribution in [2.45, 2.75) is 6.04 Å². The molecule has 1 heterocycles. The van der Waals surface area contributed by atoms with Crippen molar-refractivity contribution in [2.75, 3.05) is 14.2 Å². The normalized spacial score (nSPS) is 12.3. The van der Waals surface area contributed by atoms with Crippen LogP contribution in [-0.4, -0.2) is 19.1 Å². The number of methoxy groups -OCH3 is 1. The van der Waals surface area contributed by atoms with Crippen LogP contribution in [0, 0.1) is 0 Å². The van der Waals surface area contributed by atoms with Gasteiger partial charge in [0.2, 0.25) is 0 Å². The maximum absolute atomic E-state index is 5.31. The summed E-state index contributed by atoms with van der Waals surface area (Å²) in [6, 6.07) is 20.5. The van der Waals surface area contributed by atoms with Crippen molar-refractivity contribution in [3.63, 3.8) is 0 Å². The van der Waals surface area contributed by atoms with E-state index >= 15 is 0 Å². The molecular weight excluding hydrogens is 260 g/mol. The highest BCUT2D eigenvalue weighted by molar-refractivity contribution is 5.78. The van der Waals surface area contributed by atoms with Gasteiger partial charge in [0.05, 0.1) is 24.4 Å². The average Bonchev–Trinajstić information content (AvgIpc) is 2.56. The van der Waals surface area contributed by atoms with E-state index in [4.69, 9.17) is 9.72 Å². The standard InChI is InChI=1S/C18H18N2O/c1-19-18(14-7-5-8-15(12-14)21-2)17-11-10-13-6-3-4-9-16(13)20-17/h3-12,18-19H,1-2H3. The minimum Gasteiger partial charge on any atom is -0.497 e. The molecule has 1 unspecified atom stereocenters. The van der Waals surface area contributed by atoms with E-state index in [1.807, 2.05) is 43.4 Å². The summed E-state index contributed by atoms with van der Waals surface area (Å²) in [5.74, 6) is 0.855. The van der Waals surface area contributed by atoms with Crippen molar-refractivity contribution in [3.05, 3.63) is 71.9 Å². The van der Waals surface area contributed by atoms with Crippen LogP contribution in [0.4, 0.5) is 0 Å². The van der Waals surface area contributed by atoms with E-state index in [1.165, 1.54) is 0 Å². The Kier molecular flexibility index (Phi) is 3.84. The Morgan fingerprint density at radius 2 is 1.86 bits per heavy atom. The Morgan fingerprint density at radius 3 is 2.67 bits per heavy atom. The summed E-state index contributed by atoms with van der Waals surface area (Å²) in [4.78, 5) is 4.77. The van der Waals surface area contributed by atoms with E-state index < -0.39 is 0 Å². The maximum atomic E-state index is 5.31. The lowest BCUT2D eigenvalue weighted by atomic mass is 10.0. The molecule has 0 saturated heterocycles. The summed E-state index contributed by atoms with van der Waals surface area (Å²) >= 11 is 0. The summed E-state index contributed by atoms with van der Waals surface area (Å²) in [5, 5.41) is 4.49. The molecule has 0 aliphatic rings. The first-order valence-electron chi connectivity index (χ1n) is 6.99. The van der Waals surface area contributed by atoms with E-state index in [9.17, 15) is 0 Å². The van der Waals surface area contributed by atoms with Crippen LogP contribution >= 0.6 is 0 Å². The summed E-state index contributed by atoms with van der Waals surface area (Å²) in [5.41, 5.74) is 3.15. The predicted molar refractivity (Wildman–Crippen MR) is 85.6 cm³/mol. The van der Waals surface area contributed by atoms with Crippen molar-refractivity contribution >= 4 is 10.9 Å². The van der Waals surface area contributed by atoms with E-state index in [2.05, 4.69) is 29.6 Å². The van der Waals surface area contributed by atoms with Gasteiger partial charge in [0.25, 0.3) is 0 Å². The van der Waals surface area contributed by atoms with Crippen LogP contribution in [0.5, 0.6) is 5.75 Å². The molecule has 3 nitrogen and oxygen atoms in total. The first kappa shape index (κ1) is 13.6. The molecule has 0 amide bonds. The van der Waals surface area contributed by atoms with Crippen molar-refractivity contribution in [1.29, 1.82) is 0 Å². The Labute approximate surface area is 124 Å². The van der Waals surface area contributed by atoms with Gasteiger partial charge in [-0.25, -0.2) is 0 Å². The zero-order valence-corrected chi connectivity index (χ0v) is 12.2. The Morgan fingerprint density at radius 1 is 1.00 bits per heavy atom. The van der Waals surface area contributed by atoms with Crippen molar-refractivity contribution in [2.24, 2.45) is 0 Å². The predicted octanol–water partition coefficient (Wildman–Crippen LogP) is 3.55. The number of nitrogens with one attached hydrogen (secondary N) is 1. The van der Waals surface area contributed by atoms with Gasteiger partial charge in [0.15, 0.2) is 0 Å². The van der Waals surface area contributed by atoms with E-state index in [1.54, 1.807) is 7.11 Å². The lowest BCUT2D eigenvalue weighted by molar-refractivity contribution is 0.413. The number of nitrogens with zero attached hydrogens (tertiary/aromatic N) is 1. The summed E-state index contributed by atoms with van der Waals surface area (Å²) in [6.45, 7) is 0. The minimum atomic E-state index is 0.0460. The molecule has 0 bridgehead atoms. The molecule has 0 saturated carbocycles. The van der Waals surface area contributed by atoms with Gasteiger partial charge in [-0.2, -0.15) is 0 Å². The lowest BCUT2D eigenvalue weighted by Crippen LogP contribution is -2.18. The molecular formula is C18H18N2O. The minimum absolute atomic E-state index is 0.0460. The van der Waals surface area contributed by atoms with Gasteiger partial charge >= 0.3 is 0 Å². The number of benzene rings is 2. The second-order valence-corrected chi connectivity index (χ2v) is 4.93. The van der Waals surface area contributed by atoms with Crippen molar-refractivity contribution in [1.82, 2.24) is 10.3 Å². The highest BCUT2D eigenvalue weighted by atomic mass is 16.5. The largest absolute Gasteiger partial charge is 0.497 e. The van der Waals surface area contributed by atoms with Crippen LogP contribution in [0.2, 0.25) is 0 Å². The monoisotopic (exact) mass is 278 g/mol. The van der Waals surface area contributed by atoms with Crippen LogP contribution in [-0.2, 0) is 0 Å². The molecule has 0 aliphatic carbocycles. The summed E-state index contributed by atoms with van der Waals surface area (Å²) < 4.78 is 5.31. The molecule has 3 heteroatoms. The van der Waals surface area contributed by atoms with Gasteiger partial charge in [0, 0.05) is 5.39 Å². The van der Waals surface area contributed by atoms with Gasteiger partial charge in [-0.05, 0) is 36.9 Å². The number of fused-ring (bicyclic) bond motifs is 1. The number of hydrogen-bond acceptors (Lipinski definition) is 3. The highest BCUT2D eigenvalue weighted by Gasteiger charge is 2.14. The highest BCUT2D eigenvalue weighted by Crippen LogP contribution is 2.25. The fraction of sp³-hybridized carbons (Fsp3) is 0.167. The summed E-state index contributed by atoms with van der Waals surface area (Å²) in [7, 11) is 3.63. The number of hydrogen-bond donors (Lipinski definition) is 1.